The Morgan fingerprint density at radius 1 is 0.344 bits per heavy atom. The molecule has 3 nitrogen and oxygen atoms in total. The molecule has 10 aromatic carbocycles. The Bertz CT molecular complexity index is 3590. The Labute approximate surface area is 353 Å². The van der Waals surface area contributed by atoms with Crippen molar-refractivity contribution in [3.8, 4) is 39.1 Å². The first-order valence-electron chi connectivity index (χ1n) is 20.9. The lowest BCUT2D eigenvalue weighted by molar-refractivity contribution is 0.669. The summed E-state index contributed by atoms with van der Waals surface area (Å²) < 4.78 is 9.31. The average Bonchev–Trinajstić information content (AvgIpc) is 3.89. The van der Waals surface area contributed by atoms with E-state index in [0.29, 0.717) is 0 Å². The van der Waals surface area contributed by atoms with Gasteiger partial charge in [-0.25, -0.2) is 0 Å². The molecular formula is C58H38N2O. The number of rotatable bonds is 7. The summed E-state index contributed by atoms with van der Waals surface area (Å²) in [4.78, 5) is 2.44. The van der Waals surface area contributed by atoms with Gasteiger partial charge >= 0.3 is 0 Å². The lowest BCUT2D eigenvalue weighted by Crippen LogP contribution is -2.13. The molecule has 3 heteroatoms. The number of furan rings is 1. The summed E-state index contributed by atoms with van der Waals surface area (Å²) in [5.41, 5.74) is 15.2. The lowest BCUT2D eigenvalue weighted by Gasteiger charge is -2.30. The molecule has 2 heterocycles. The number of para-hydroxylation sites is 7. The Balaban J connectivity index is 1.18. The van der Waals surface area contributed by atoms with Crippen molar-refractivity contribution in [3.63, 3.8) is 0 Å². The molecule has 0 aliphatic carbocycles. The first-order chi connectivity index (χ1) is 30.3. The van der Waals surface area contributed by atoms with Gasteiger partial charge in [-0.05, 0) is 69.9 Å². The normalized spacial score (nSPS) is 11.6. The van der Waals surface area contributed by atoms with Crippen molar-refractivity contribution in [1.82, 2.24) is 4.57 Å². The molecule has 0 N–H and O–H groups in total. The minimum absolute atomic E-state index is 0.841. The van der Waals surface area contributed by atoms with Crippen LogP contribution in [0.4, 0.5) is 17.1 Å². The molecule has 0 bridgehead atoms. The molecule has 61 heavy (non-hydrogen) atoms. The highest BCUT2D eigenvalue weighted by Crippen LogP contribution is 2.50. The van der Waals surface area contributed by atoms with Crippen LogP contribution in [0.3, 0.4) is 0 Å². The maximum Gasteiger partial charge on any atom is 0.159 e. The topological polar surface area (TPSA) is 21.3 Å². The monoisotopic (exact) mass is 778 g/mol. The van der Waals surface area contributed by atoms with Gasteiger partial charge in [0.05, 0.1) is 28.1 Å². The molecule has 0 aliphatic rings. The van der Waals surface area contributed by atoms with E-state index in [1.54, 1.807) is 0 Å². The SMILES string of the molecule is c1ccc(-c2cccc3cccc(-c4ccccc4N(c4ccccc4-c4cccc5c6ccccc6n(-c6ccccc6)c45)c4cccc5c4oc4ccccc45)c23)cc1. The number of hydrogen-bond donors (Lipinski definition) is 0. The van der Waals surface area contributed by atoms with Crippen molar-refractivity contribution in [2.24, 2.45) is 0 Å². The first kappa shape index (κ1) is 34.9. The van der Waals surface area contributed by atoms with Crippen LogP contribution < -0.4 is 4.90 Å². The quantitative estimate of drug-likeness (QED) is 0.161. The van der Waals surface area contributed by atoms with E-state index in [2.05, 4.69) is 234 Å². The zero-order valence-electron chi connectivity index (χ0n) is 33.2. The molecule has 0 aliphatic heterocycles. The molecule has 2 aromatic heterocycles. The number of nitrogens with zero attached hydrogens (tertiary/aromatic N) is 2. The van der Waals surface area contributed by atoms with Gasteiger partial charge in [0, 0.05) is 43.9 Å². The van der Waals surface area contributed by atoms with Gasteiger partial charge in [-0.2, -0.15) is 0 Å². The largest absolute Gasteiger partial charge is 0.454 e. The van der Waals surface area contributed by atoms with Gasteiger partial charge in [0.15, 0.2) is 5.58 Å². The van der Waals surface area contributed by atoms with E-state index in [1.807, 2.05) is 6.07 Å². The standard InChI is InChI=1S/C58H38N2O/c1-3-19-39(20-4-1)42-29-15-21-40-22-16-30-47(56(40)42)43-25-7-12-35-52(43)60(54-37-18-33-50-46-28-10-14-38-55(46)61-58(50)54)53-36-13-9-27-45(53)49-32-17-31-48-44-26-8-11-34-51(44)59(57(48)49)41-23-5-2-6-24-41/h1-38H. The van der Waals surface area contributed by atoms with Crippen LogP contribution in [0.1, 0.15) is 0 Å². The van der Waals surface area contributed by atoms with Crippen molar-refractivity contribution in [3.05, 3.63) is 231 Å². The van der Waals surface area contributed by atoms with E-state index in [1.165, 1.54) is 43.7 Å². The van der Waals surface area contributed by atoms with Crippen molar-refractivity contribution in [1.29, 1.82) is 0 Å². The average molecular weight is 779 g/mol. The molecule has 0 amide bonds. The summed E-state index contributed by atoms with van der Waals surface area (Å²) >= 11 is 0. The fraction of sp³-hybridized carbons (Fsp3) is 0. The Morgan fingerprint density at radius 2 is 0.869 bits per heavy atom. The second kappa shape index (κ2) is 14.3. The number of benzene rings is 10. The molecular weight excluding hydrogens is 741 g/mol. The van der Waals surface area contributed by atoms with Crippen LogP contribution in [0.15, 0.2) is 235 Å². The fourth-order valence-electron chi connectivity index (χ4n) is 9.60. The van der Waals surface area contributed by atoms with Crippen molar-refractivity contribution >= 4 is 71.6 Å². The lowest BCUT2D eigenvalue weighted by atomic mass is 9.90. The molecule has 0 saturated carbocycles. The zero-order chi connectivity index (χ0) is 40.3. The van der Waals surface area contributed by atoms with Gasteiger partial charge in [-0.3, -0.25) is 0 Å². The van der Waals surface area contributed by atoms with E-state index in [-0.39, 0.29) is 0 Å². The molecule has 0 fully saturated rings. The summed E-state index contributed by atoms with van der Waals surface area (Å²) in [6, 6.07) is 82.9. The second-order valence-corrected chi connectivity index (χ2v) is 15.6. The Morgan fingerprint density at radius 3 is 1.66 bits per heavy atom. The third kappa shape index (κ3) is 5.59. The molecule has 0 radical (unpaired) electrons. The molecule has 286 valence electrons. The molecule has 0 unspecified atom stereocenters. The van der Waals surface area contributed by atoms with Gasteiger partial charge in [0.2, 0.25) is 0 Å². The Kier molecular flexibility index (Phi) is 8.17. The maximum atomic E-state index is 6.89. The maximum absolute atomic E-state index is 6.89. The van der Waals surface area contributed by atoms with Crippen molar-refractivity contribution in [2.75, 3.05) is 4.90 Å². The van der Waals surface area contributed by atoms with Crippen LogP contribution in [-0.4, -0.2) is 4.57 Å². The first-order valence-corrected chi connectivity index (χ1v) is 20.9. The summed E-state index contributed by atoms with van der Waals surface area (Å²) in [5.74, 6) is 0. The predicted octanol–water partition coefficient (Wildman–Crippen LogP) is 16.3. The summed E-state index contributed by atoms with van der Waals surface area (Å²) in [6.07, 6.45) is 0. The van der Waals surface area contributed by atoms with Crippen LogP contribution >= 0.6 is 0 Å². The van der Waals surface area contributed by atoms with Gasteiger partial charge in [-0.15, -0.1) is 0 Å². The van der Waals surface area contributed by atoms with Crippen LogP contribution in [0, 0.1) is 0 Å². The molecule has 0 spiro atoms. The molecule has 0 saturated heterocycles. The number of hydrogen-bond acceptors (Lipinski definition) is 2. The summed E-state index contributed by atoms with van der Waals surface area (Å²) in [7, 11) is 0. The third-order valence-electron chi connectivity index (χ3n) is 12.2. The van der Waals surface area contributed by atoms with Crippen molar-refractivity contribution in [2.45, 2.75) is 0 Å². The van der Waals surface area contributed by atoms with E-state index in [0.717, 1.165) is 66.9 Å². The summed E-state index contributed by atoms with van der Waals surface area (Å²) in [6.45, 7) is 0. The van der Waals surface area contributed by atoms with Crippen molar-refractivity contribution < 1.29 is 4.42 Å². The fourth-order valence-corrected chi connectivity index (χ4v) is 9.60. The highest BCUT2D eigenvalue weighted by atomic mass is 16.3. The van der Waals surface area contributed by atoms with E-state index in [9.17, 15) is 0 Å². The second-order valence-electron chi connectivity index (χ2n) is 15.6. The smallest absolute Gasteiger partial charge is 0.159 e. The highest BCUT2D eigenvalue weighted by molar-refractivity contribution is 6.17. The van der Waals surface area contributed by atoms with Crippen LogP contribution in [0.25, 0.3) is 93.6 Å². The minimum atomic E-state index is 0.841. The molecule has 12 rings (SSSR count). The summed E-state index contributed by atoms with van der Waals surface area (Å²) in [5, 5.41) is 7.02. The zero-order valence-corrected chi connectivity index (χ0v) is 33.2. The van der Waals surface area contributed by atoms with Crippen LogP contribution in [0.2, 0.25) is 0 Å². The van der Waals surface area contributed by atoms with Gasteiger partial charge < -0.3 is 13.9 Å². The predicted molar refractivity (Wildman–Crippen MR) is 257 cm³/mol. The van der Waals surface area contributed by atoms with Crippen LogP contribution in [-0.2, 0) is 0 Å². The number of aromatic nitrogens is 1. The van der Waals surface area contributed by atoms with Gasteiger partial charge in [-0.1, -0.05) is 188 Å². The highest BCUT2D eigenvalue weighted by Gasteiger charge is 2.26. The van der Waals surface area contributed by atoms with E-state index in [4.69, 9.17) is 4.42 Å². The van der Waals surface area contributed by atoms with E-state index >= 15 is 0 Å². The third-order valence-corrected chi connectivity index (χ3v) is 12.2. The number of anilines is 3. The van der Waals surface area contributed by atoms with Crippen LogP contribution in [0.5, 0.6) is 0 Å². The minimum Gasteiger partial charge on any atom is -0.454 e. The molecule has 0 atom stereocenters. The molecule has 12 aromatic rings. The number of fused-ring (bicyclic) bond motifs is 7. The van der Waals surface area contributed by atoms with Gasteiger partial charge in [0.1, 0.15) is 5.58 Å². The van der Waals surface area contributed by atoms with Gasteiger partial charge in [0.25, 0.3) is 0 Å². The Hall–Kier alpha value is -8.14. The van der Waals surface area contributed by atoms with E-state index < -0.39 is 0 Å².